The molecule has 27 heavy (non-hydrogen) atoms. The molecule has 1 amide bonds. The first-order valence-electron chi connectivity index (χ1n) is 8.77. The minimum absolute atomic E-state index is 0.0221. The van der Waals surface area contributed by atoms with Gasteiger partial charge in [-0.2, -0.15) is 0 Å². The number of thiazole rings is 1. The largest absolute Gasteiger partial charge is 0.368 e. The maximum atomic E-state index is 12.8. The summed E-state index contributed by atoms with van der Waals surface area (Å²) in [6, 6.07) is 17.8. The highest BCUT2D eigenvalue weighted by molar-refractivity contribution is 7.14. The molecule has 1 aliphatic rings. The average molecular weight is 399 g/mol. The highest BCUT2D eigenvalue weighted by Crippen LogP contribution is 2.27. The van der Waals surface area contributed by atoms with Crippen LogP contribution in [0.25, 0.3) is 0 Å². The smallest absolute Gasteiger partial charge is 0.273 e. The third-order valence-electron chi connectivity index (χ3n) is 4.53. The monoisotopic (exact) mass is 398 g/mol. The van der Waals surface area contributed by atoms with Crippen LogP contribution < -0.4 is 10.2 Å². The zero-order valence-corrected chi connectivity index (χ0v) is 16.2. The van der Waals surface area contributed by atoms with Gasteiger partial charge >= 0.3 is 0 Å². The van der Waals surface area contributed by atoms with Gasteiger partial charge in [-0.3, -0.25) is 4.79 Å². The summed E-state index contributed by atoms with van der Waals surface area (Å²) in [5.41, 5.74) is 2.45. The van der Waals surface area contributed by atoms with Crippen LogP contribution >= 0.6 is 22.9 Å². The Balaban J connectivity index is 1.38. The molecule has 0 unspecified atom stereocenters. The number of piperazine rings is 1. The number of amides is 1. The molecule has 1 N–H and O–H groups in total. The van der Waals surface area contributed by atoms with Crippen molar-refractivity contribution in [3.63, 3.8) is 0 Å². The molecule has 2 aromatic carbocycles. The summed E-state index contributed by atoms with van der Waals surface area (Å²) in [5.74, 6) is -0.0221. The Labute approximate surface area is 167 Å². The zero-order chi connectivity index (χ0) is 18.6. The number of anilines is 3. The number of hydrogen-bond acceptors (Lipinski definition) is 5. The molecule has 1 aromatic heterocycles. The van der Waals surface area contributed by atoms with E-state index >= 15 is 0 Å². The number of halogens is 1. The Hall–Kier alpha value is -2.57. The number of hydrogen-bond donors (Lipinski definition) is 1. The van der Waals surface area contributed by atoms with Crippen molar-refractivity contribution in [2.45, 2.75) is 0 Å². The van der Waals surface area contributed by atoms with Gasteiger partial charge in [0.25, 0.3) is 5.91 Å². The predicted octanol–water partition coefficient (Wildman–Crippen LogP) is 4.50. The van der Waals surface area contributed by atoms with Crippen LogP contribution in [0.5, 0.6) is 0 Å². The number of carbonyl (C=O) groups excluding carboxylic acids is 1. The SMILES string of the molecule is O=C(c1csc(Nc2ccccc2Cl)n1)N1CCN(c2ccccc2)CC1. The Morgan fingerprint density at radius 2 is 1.70 bits per heavy atom. The lowest BCUT2D eigenvalue weighted by Crippen LogP contribution is -2.48. The Bertz CT molecular complexity index is 922. The lowest BCUT2D eigenvalue weighted by molar-refractivity contribution is 0.0742. The Kier molecular flexibility index (Phi) is 5.27. The van der Waals surface area contributed by atoms with Crippen LogP contribution in [0, 0.1) is 0 Å². The third-order valence-corrected chi connectivity index (χ3v) is 5.61. The van der Waals surface area contributed by atoms with Gasteiger partial charge in [-0.15, -0.1) is 11.3 Å². The predicted molar refractivity (Wildman–Crippen MR) is 111 cm³/mol. The fourth-order valence-electron chi connectivity index (χ4n) is 3.08. The summed E-state index contributed by atoms with van der Waals surface area (Å²) in [7, 11) is 0. The highest BCUT2D eigenvalue weighted by atomic mass is 35.5. The van der Waals surface area contributed by atoms with E-state index in [1.165, 1.54) is 17.0 Å². The molecule has 0 atom stereocenters. The molecule has 0 bridgehead atoms. The second kappa shape index (κ2) is 7.98. The standard InChI is InChI=1S/C20H19ClN4OS/c21-16-8-4-5-9-17(16)22-20-23-18(14-27-20)19(26)25-12-10-24(11-13-25)15-6-2-1-3-7-15/h1-9,14H,10-13H2,(H,22,23). The number of benzene rings is 2. The van der Waals surface area contributed by atoms with E-state index < -0.39 is 0 Å². The molecule has 0 aliphatic carbocycles. The molecule has 138 valence electrons. The Morgan fingerprint density at radius 3 is 2.44 bits per heavy atom. The fraction of sp³-hybridized carbons (Fsp3) is 0.200. The van der Waals surface area contributed by atoms with Gasteiger partial charge in [0, 0.05) is 37.2 Å². The molecule has 4 rings (SSSR count). The van der Waals surface area contributed by atoms with Crippen molar-refractivity contribution in [1.29, 1.82) is 0 Å². The number of para-hydroxylation sites is 2. The third kappa shape index (κ3) is 4.07. The lowest BCUT2D eigenvalue weighted by Gasteiger charge is -2.35. The number of carbonyl (C=O) groups is 1. The van der Waals surface area contributed by atoms with Gasteiger partial charge in [0.15, 0.2) is 5.13 Å². The second-order valence-electron chi connectivity index (χ2n) is 6.26. The summed E-state index contributed by atoms with van der Waals surface area (Å²) in [6.07, 6.45) is 0. The van der Waals surface area contributed by atoms with Crippen molar-refractivity contribution in [3.05, 3.63) is 70.7 Å². The van der Waals surface area contributed by atoms with Crippen LogP contribution in [-0.4, -0.2) is 42.0 Å². The molecule has 3 aromatic rings. The molecule has 1 aliphatic heterocycles. The molecule has 2 heterocycles. The summed E-state index contributed by atoms with van der Waals surface area (Å²) in [5, 5.41) is 6.26. The molecule has 0 radical (unpaired) electrons. The van der Waals surface area contributed by atoms with E-state index in [9.17, 15) is 4.79 Å². The van der Waals surface area contributed by atoms with Crippen LogP contribution in [0.3, 0.4) is 0 Å². The van der Waals surface area contributed by atoms with Crippen LogP contribution in [0.2, 0.25) is 5.02 Å². The van der Waals surface area contributed by atoms with Crippen LogP contribution in [0.15, 0.2) is 60.0 Å². The molecule has 1 fully saturated rings. The van der Waals surface area contributed by atoms with Crippen molar-refractivity contribution in [3.8, 4) is 0 Å². The van der Waals surface area contributed by atoms with E-state index in [0.29, 0.717) is 28.9 Å². The molecular formula is C20H19ClN4OS. The quantitative estimate of drug-likeness (QED) is 0.702. The number of nitrogens with zero attached hydrogens (tertiary/aromatic N) is 3. The number of aromatic nitrogens is 1. The van der Waals surface area contributed by atoms with Gasteiger partial charge in [0.05, 0.1) is 10.7 Å². The van der Waals surface area contributed by atoms with Gasteiger partial charge in [0.2, 0.25) is 0 Å². The van der Waals surface area contributed by atoms with E-state index in [-0.39, 0.29) is 5.91 Å². The van der Waals surface area contributed by atoms with Gasteiger partial charge in [-0.25, -0.2) is 4.98 Å². The average Bonchev–Trinajstić information content (AvgIpc) is 3.18. The highest BCUT2D eigenvalue weighted by Gasteiger charge is 2.24. The molecule has 1 saturated heterocycles. The second-order valence-corrected chi connectivity index (χ2v) is 7.52. The molecule has 7 heteroatoms. The number of nitrogens with one attached hydrogen (secondary N) is 1. The van der Waals surface area contributed by atoms with Gasteiger partial charge in [0.1, 0.15) is 5.69 Å². The zero-order valence-electron chi connectivity index (χ0n) is 14.6. The maximum absolute atomic E-state index is 12.8. The summed E-state index contributed by atoms with van der Waals surface area (Å²) < 4.78 is 0. The molecule has 5 nitrogen and oxygen atoms in total. The van der Waals surface area contributed by atoms with Gasteiger partial charge in [-0.1, -0.05) is 41.9 Å². The topological polar surface area (TPSA) is 48.5 Å². The van der Waals surface area contributed by atoms with Gasteiger partial charge in [-0.05, 0) is 24.3 Å². The lowest BCUT2D eigenvalue weighted by atomic mass is 10.2. The summed E-state index contributed by atoms with van der Waals surface area (Å²) in [4.78, 5) is 21.4. The van der Waals surface area contributed by atoms with Crippen molar-refractivity contribution in [2.75, 3.05) is 36.4 Å². The first kappa shape index (κ1) is 17.8. The van der Waals surface area contributed by atoms with Crippen molar-refractivity contribution in [1.82, 2.24) is 9.88 Å². The van der Waals surface area contributed by atoms with E-state index in [4.69, 9.17) is 11.6 Å². The van der Waals surface area contributed by atoms with Crippen molar-refractivity contribution in [2.24, 2.45) is 0 Å². The Morgan fingerprint density at radius 1 is 1.00 bits per heavy atom. The van der Waals surface area contributed by atoms with Gasteiger partial charge < -0.3 is 15.1 Å². The first-order chi connectivity index (χ1) is 13.2. The van der Waals surface area contributed by atoms with Crippen LogP contribution in [0.1, 0.15) is 10.5 Å². The summed E-state index contributed by atoms with van der Waals surface area (Å²) >= 11 is 7.57. The molecule has 0 saturated carbocycles. The van der Waals surface area contributed by atoms with Crippen molar-refractivity contribution >= 4 is 45.4 Å². The van der Waals surface area contributed by atoms with E-state index in [0.717, 1.165) is 18.8 Å². The molecule has 0 spiro atoms. The minimum Gasteiger partial charge on any atom is -0.368 e. The summed E-state index contributed by atoms with van der Waals surface area (Å²) in [6.45, 7) is 3.03. The molecular weight excluding hydrogens is 380 g/mol. The van der Waals surface area contributed by atoms with E-state index in [1.54, 1.807) is 5.38 Å². The number of rotatable bonds is 4. The van der Waals surface area contributed by atoms with Crippen molar-refractivity contribution < 1.29 is 4.79 Å². The fourth-order valence-corrected chi connectivity index (χ4v) is 3.96. The maximum Gasteiger partial charge on any atom is 0.273 e. The minimum atomic E-state index is -0.0221. The van der Waals surface area contributed by atoms with E-state index in [1.807, 2.05) is 47.4 Å². The van der Waals surface area contributed by atoms with Crippen LogP contribution in [-0.2, 0) is 0 Å². The van der Waals surface area contributed by atoms with E-state index in [2.05, 4.69) is 27.3 Å². The first-order valence-corrected chi connectivity index (χ1v) is 10.0. The van der Waals surface area contributed by atoms with Crippen LogP contribution in [0.4, 0.5) is 16.5 Å². The normalized spacial score (nSPS) is 14.3.